The molecule has 0 radical (unpaired) electrons. The van der Waals surface area contributed by atoms with E-state index in [0.717, 1.165) is 36.2 Å². The van der Waals surface area contributed by atoms with Gasteiger partial charge in [-0.3, -0.25) is 4.79 Å². The van der Waals surface area contributed by atoms with Gasteiger partial charge >= 0.3 is 0 Å². The number of nitrogens with zero attached hydrogens (tertiary/aromatic N) is 3. The minimum Gasteiger partial charge on any atom is -0.366 e. The van der Waals surface area contributed by atoms with Gasteiger partial charge in [0.2, 0.25) is 5.91 Å². The summed E-state index contributed by atoms with van der Waals surface area (Å²) in [5.41, 5.74) is 7.55. The largest absolute Gasteiger partial charge is 0.366 e. The predicted octanol–water partition coefficient (Wildman–Crippen LogP) is 3.05. The average Bonchev–Trinajstić information content (AvgIpc) is 3.20. The number of hydrogen-bond acceptors (Lipinski definition) is 4. The van der Waals surface area contributed by atoms with E-state index in [1.807, 2.05) is 24.3 Å². The Kier molecular flexibility index (Phi) is 3.61. The Labute approximate surface area is 143 Å². The van der Waals surface area contributed by atoms with Crippen molar-refractivity contribution in [2.45, 2.75) is 18.9 Å². The van der Waals surface area contributed by atoms with Gasteiger partial charge in [-0.25, -0.2) is 9.97 Å². The van der Waals surface area contributed by atoms with Crippen LogP contribution in [0.15, 0.2) is 36.5 Å². The van der Waals surface area contributed by atoms with E-state index in [-0.39, 0.29) is 6.04 Å². The Bertz CT molecular complexity index is 889. The number of nitrogens with two attached hydrogens (primary N) is 1. The Morgan fingerprint density at radius 3 is 2.96 bits per heavy atom. The van der Waals surface area contributed by atoms with Crippen molar-refractivity contribution in [2.75, 3.05) is 11.4 Å². The van der Waals surface area contributed by atoms with E-state index in [1.54, 1.807) is 6.07 Å². The lowest BCUT2D eigenvalue weighted by Crippen LogP contribution is -2.25. The maximum absolute atomic E-state index is 11.3. The number of aromatic amines is 1. The zero-order valence-electron chi connectivity index (χ0n) is 12.9. The van der Waals surface area contributed by atoms with Gasteiger partial charge in [0.25, 0.3) is 0 Å². The fraction of sp³-hybridized carbons (Fsp3) is 0.235. The molecule has 1 saturated heterocycles. The van der Waals surface area contributed by atoms with Gasteiger partial charge < -0.3 is 15.6 Å². The maximum atomic E-state index is 11.3. The number of anilines is 1. The van der Waals surface area contributed by atoms with Gasteiger partial charge in [0.05, 0.1) is 27.7 Å². The number of benzene rings is 1. The Morgan fingerprint density at radius 2 is 2.21 bits per heavy atom. The van der Waals surface area contributed by atoms with Gasteiger partial charge in [-0.2, -0.15) is 0 Å². The third kappa shape index (κ3) is 2.49. The normalized spacial score (nSPS) is 17.5. The predicted molar refractivity (Wildman–Crippen MR) is 93.2 cm³/mol. The number of carbonyl (C=O) groups excluding carboxylic acids is 1. The molecule has 24 heavy (non-hydrogen) atoms. The highest BCUT2D eigenvalue weighted by molar-refractivity contribution is 6.33. The number of halogens is 1. The molecule has 4 rings (SSSR count). The number of fused-ring (bicyclic) bond motifs is 1. The Hall–Kier alpha value is -2.60. The van der Waals surface area contributed by atoms with Crippen LogP contribution in [0.25, 0.3) is 11.0 Å². The molecule has 3 aromatic rings. The number of imidazole rings is 1. The van der Waals surface area contributed by atoms with Crippen LogP contribution in [0.1, 0.15) is 35.1 Å². The molecule has 0 saturated carbocycles. The van der Waals surface area contributed by atoms with Gasteiger partial charge in [-0.1, -0.05) is 23.7 Å². The standard InChI is InChI=1S/C17H16ClN5O/c18-11-8-10(15(19)24)9-20-17(11)23-7-3-6-14(23)16-21-12-4-1-2-5-13(12)22-16/h1-2,4-5,8-9,14H,3,6-7H2,(H2,19,24)(H,21,22)/t14-/m1/s1. The molecule has 7 heteroatoms. The van der Waals surface area contributed by atoms with E-state index in [1.165, 1.54) is 6.20 Å². The van der Waals surface area contributed by atoms with Crippen LogP contribution in [0.4, 0.5) is 5.82 Å². The zero-order valence-corrected chi connectivity index (χ0v) is 13.6. The maximum Gasteiger partial charge on any atom is 0.250 e. The highest BCUT2D eigenvalue weighted by atomic mass is 35.5. The van der Waals surface area contributed by atoms with Crippen LogP contribution in [0.2, 0.25) is 5.02 Å². The number of para-hydroxylation sites is 2. The smallest absolute Gasteiger partial charge is 0.250 e. The summed E-state index contributed by atoms with van der Waals surface area (Å²) in [6.07, 6.45) is 3.46. The average molecular weight is 342 g/mol. The molecule has 1 aromatic carbocycles. The summed E-state index contributed by atoms with van der Waals surface area (Å²) in [5.74, 6) is 1.03. The first kappa shape index (κ1) is 15.0. The summed E-state index contributed by atoms with van der Waals surface area (Å²) in [6, 6.07) is 9.61. The molecule has 1 amide bonds. The molecule has 0 unspecified atom stereocenters. The van der Waals surface area contributed by atoms with Crippen molar-refractivity contribution in [1.29, 1.82) is 0 Å². The first-order valence-electron chi connectivity index (χ1n) is 7.80. The second kappa shape index (κ2) is 5.79. The second-order valence-electron chi connectivity index (χ2n) is 5.88. The molecule has 1 fully saturated rings. The summed E-state index contributed by atoms with van der Waals surface area (Å²) >= 11 is 6.34. The van der Waals surface area contributed by atoms with Crippen LogP contribution >= 0.6 is 11.6 Å². The van der Waals surface area contributed by atoms with E-state index in [4.69, 9.17) is 22.3 Å². The number of primary amides is 1. The molecule has 2 aromatic heterocycles. The number of aromatic nitrogens is 3. The van der Waals surface area contributed by atoms with Crippen molar-refractivity contribution in [3.8, 4) is 0 Å². The zero-order chi connectivity index (χ0) is 16.7. The topological polar surface area (TPSA) is 87.9 Å². The highest BCUT2D eigenvalue weighted by Gasteiger charge is 2.31. The molecule has 0 bridgehead atoms. The van der Waals surface area contributed by atoms with E-state index >= 15 is 0 Å². The fourth-order valence-corrected chi connectivity index (χ4v) is 3.49. The first-order valence-corrected chi connectivity index (χ1v) is 8.18. The lowest BCUT2D eigenvalue weighted by atomic mass is 10.2. The molecule has 3 heterocycles. The van der Waals surface area contributed by atoms with Crippen molar-refractivity contribution >= 4 is 34.4 Å². The van der Waals surface area contributed by atoms with Gasteiger partial charge in [-0.05, 0) is 31.0 Å². The lowest BCUT2D eigenvalue weighted by molar-refractivity contribution is 0.1000. The van der Waals surface area contributed by atoms with E-state index in [2.05, 4.69) is 14.9 Å². The second-order valence-corrected chi connectivity index (χ2v) is 6.29. The van der Waals surface area contributed by atoms with Crippen molar-refractivity contribution in [2.24, 2.45) is 5.73 Å². The summed E-state index contributed by atoms with van der Waals surface area (Å²) in [6.45, 7) is 0.838. The minimum atomic E-state index is -0.536. The number of H-pyrrole nitrogens is 1. The van der Waals surface area contributed by atoms with Crippen LogP contribution < -0.4 is 10.6 Å². The van der Waals surface area contributed by atoms with Gasteiger partial charge in [-0.15, -0.1) is 0 Å². The SMILES string of the molecule is NC(=O)c1cnc(N2CCC[C@@H]2c2nc3ccccc3[nH]2)c(Cl)c1. The minimum absolute atomic E-state index is 0.0850. The fourth-order valence-electron chi connectivity index (χ4n) is 3.21. The van der Waals surface area contributed by atoms with Crippen LogP contribution in [-0.2, 0) is 0 Å². The van der Waals surface area contributed by atoms with Crippen LogP contribution in [-0.4, -0.2) is 27.4 Å². The summed E-state index contributed by atoms with van der Waals surface area (Å²) in [5, 5.41) is 0.425. The van der Waals surface area contributed by atoms with Crippen molar-refractivity contribution < 1.29 is 4.79 Å². The molecule has 3 N–H and O–H groups in total. The van der Waals surface area contributed by atoms with Crippen LogP contribution in [0.3, 0.4) is 0 Å². The lowest BCUT2D eigenvalue weighted by Gasteiger charge is -2.25. The summed E-state index contributed by atoms with van der Waals surface area (Å²) < 4.78 is 0. The number of rotatable bonds is 3. The quantitative estimate of drug-likeness (QED) is 0.766. The third-order valence-corrected chi connectivity index (χ3v) is 4.63. The molecule has 1 aliphatic heterocycles. The molecule has 1 atom stereocenters. The van der Waals surface area contributed by atoms with Crippen molar-refractivity contribution in [3.05, 3.63) is 52.9 Å². The summed E-state index contributed by atoms with van der Waals surface area (Å²) in [4.78, 5) is 25.9. The molecule has 6 nitrogen and oxygen atoms in total. The Morgan fingerprint density at radius 1 is 1.38 bits per heavy atom. The van der Waals surface area contributed by atoms with E-state index < -0.39 is 5.91 Å². The van der Waals surface area contributed by atoms with Crippen molar-refractivity contribution in [1.82, 2.24) is 15.0 Å². The van der Waals surface area contributed by atoms with Gasteiger partial charge in [0.1, 0.15) is 11.6 Å². The van der Waals surface area contributed by atoms with Crippen molar-refractivity contribution in [3.63, 3.8) is 0 Å². The molecular weight excluding hydrogens is 326 g/mol. The number of amides is 1. The molecule has 1 aliphatic rings. The summed E-state index contributed by atoms with van der Waals surface area (Å²) in [7, 11) is 0. The van der Waals surface area contributed by atoms with E-state index in [9.17, 15) is 4.79 Å². The molecule has 0 spiro atoms. The number of carbonyl (C=O) groups is 1. The van der Waals surface area contributed by atoms with E-state index in [0.29, 0.717) is 16.4 Å². The number of hydrogen-bond donors (Lipinski definition) is 2. The number of pyridine rings is 1. The van der Waals surface area contributed by atoms with Crippen LogP contribution in [0, 0.1) is 0 Å². The number of nitrogens with one attached hydrogen (secondary N) is 1. The monoisotopic (exact) mass is 341 g/mol. The van der Waals surface area contributed by atoms with Crippen LogP contribution in [0.5, 0.6) is 0 Å². The first-order chi connectivity index (χ1) is 11.6. The molecule has 0 aliphatic carbocycles. The molecule has 122 valence electrons. The third-order valence-electron chi connectivity index (χ3n) is 4.35. The highest BCUT2D eigenvalue weighted by Crippen LogP contribution is 2.37. The van der Waals surface area contributed by atoms with Gasteiger partial charge in [0.15, 0.2) is 0 Å². The van der Waals surface area contributed by atoms with Gasteiger partial charge in [0, 0.05) is 12.7 Å². The Balaban J connectivity index is 1.71. The molecular formula is C17H16ClN5O.